The molecule has 1 aliphatic rings. The molecule has 0 aromatic carbocycles. The summed E-state index contributed by atoms with van der Waals surface area (Å²) in [5.74, 6) is 1.56. The number of nitrogens with one attached hydrogen (secondary N) is 1. The third kappa shape index (κ3) is 4.03. The van der Waals surface area contributed by atoms with E-state index in [-0.39, 0.29) is 5.41 Å². The first-order valence-electron chi connectivity index (χ1n) is 7.72. The summed E-state index contributed by atoms with van der Waals surface area (Å²) >= 11 is 0. The van der Waals surface area contributed by atoms with Crippen molar-refractivity contribution in [2.75, 3.05) is 20.1 Å². The van der Waals surface area contributed by atoms with E-state index in [4.69, 9.17) is 4.52 Å². The zero-order valence-electron chi connectivity index (χ0n) is 13.3. The smallest absolute Gasteiger partial charge is 0.232 e. The highest BCUT2D eigenvalue weighted by molar-refractivity contribution is 4.98. The highest BCUT2D eigenvalue weighted by Crippen LogP contribution is 2.23. The summed E-state index contributed by atoms with van der Waals surface area (Å²) in [6.07, 6.45) is 5.09. The largest absolute Gasteiger partial charge is 0.339 e. The van der Waals surface area contributed by atoms with Crippen molar-refractivity contribution >= 4 is 0 Å². The minimum atomic E-state index is -0.0708. The molecule has 2 rings (SSSR count). The summed E-state index contributed by atoms with van der Waals surface area (Å²) in [4.78, 5) is 7.07. The van der Waals surface area contributed by atoms with Gasteiger partial charge in [-0.25, -0.2) is 0 Å². The molecule has 1 atom stereocenters. The van der Waals surface area contributed by atoms with Crippen molar-refractivity contribution in [3.8, 4) is 0 Å². The highest BCUT2D eigenvalue weighted by Gasteiger charge is 2.26. The molecule has 5 nitrogen and oxygen atoms in total. The lowest BCUT2D eigenvalue weighted by Crippen LogP contribution is -2.40. The lowest BCUT2D eigenvalue weighted by molar-refractivity contribution is 0.128. The molecular weight excluding hydrogens is 252 g/mol. The van der Waals surface area contributed by atoms with Crippen molar-refractivity contribution in [2.45, 2.75) is 64.5 Å². The van der Waals surface area contributed by atoms with Gasteiger partial charge < -0.3 is 9.84 Å². The number of rotatable bonds is 5. The molecule has 1 aliphatic heterocycles. The van der Waals surface area contributed by atoms with E-state index >= 15 is 0 Å². The molecule has 5 heteroatoms. The minimum absolute atomic E-state index is 0.0708. The third-order valence-corrected chi connectivity index (χ3v) is 3.93. The van der Waals surface area contributed by atoms with E-state index in [2.05, 4.69) is 41.1 Å². The Morgan fingerprint density at radius 3 is 2.80 bits per heavy atom. The fourth-order valence-corrected chi connectivity index (χ4v) is 2.71. The van der Waals surface area contributed by atoms with Crippen LogP contribution in [0.15, 0.2) is 4.52 Å². The van der Waals surface area contributed by atoms with Gasteiger partial charge in [0.15, 0.2) is 5.82 Å². The van der Waals surface area contributed by atoms with Crippen LogP contribution in [0.2, 0.25) is 0 Å². The Bertz CT molecular complexity index is 410. The Morgan fingerprint density at radius 1 is 1.35 bits per heavy atom. The molecule has 1 saturated heterocycles. The summed E-state index contributed by atoms with van der Waals surface area (Å²) in [5.41, 5.74) is -0.0708. The summed E-state index contributed by atoms with van der Waals surface area (Å²) in [6, 6.07) is 0.646. The van der Waals surface area contributed by atoms with Crippen molar-refractivity contribution in [2.24, 2.45) is 0 Å². The molecular formula is C15H28N4O. The van der Waals surface area contributed by atoms with E-state index in [0.717, 1.165) is 31.3 Å². The van der Waals surface area contributed by atoms with E-state index in [1.54, 1.807) is 0 Å². The maximum absolute atomic E-state index is 5.39. The summed E-state index contributed by atoms with van der Waals surface area (Å²) in [6.45, 7) is 9.32. The van der Waals surface area contributed by atoms with Gasteiger partial charge >= 0.3 is 0 Å². The van der Waals surface area contributed by atoms with Crippen LogP contribution in [0.3, 0.4) is 0 Å². The van der Waals surface area contributed by atoms with Gasteiger partial charge in [0.2, 0.25) is 5.89 Å². The van der Waals surface area contributed by atoms with Crippen LogP contribution in [-0.4, -0.2) is 41.2 Å². The van der Waals surface area contributed by atoms with Crippen LogP contribution >= 0.6 is 0 Å². The van der Waals surface area contributed by atoms with Crippen LogP contribution in [0.5, 0.6) is 0 Å². The minimum Gasteiger partial charge on any atom is -0.339 e. The Balaban J connectivity index is 1.97. The molecule has 20 heavy (non-hydrogen) atoms. The number of hydrogen-bond donors (Lipinski definition) is 1. The van der Waals surface area contributed by atoms with Crippen molar-refractivity contribution in [3.63, 3.8) is 0 Å². The molecule has 1 N–H and O–H groups in total. The summed E-state index contributed by atoms with van der Waals surface area (Å²) < 4.78 is 5.39. The van der Waals surface area contributed by atoms with E-state index in [1.165, 1.54) is 25.7 Å². The highest BCUT2D eigenvalue weighted by atomic mass is 16.5. The Kier molecular flexibility index (Phi) is 5.16. The first kappa shape index (κ1) is 15.4. The average molecular weight is 280 g/mol. The van der Waals surface area contributed by atoms with Gasteiger partial charge in [0.05, 0.1) is 6.54 Å². The first-order chi connectivity index (χ1) is 9.50. The predicted molar refractivity (Wildman–Crippen MR) is 79.6 cm³/mol. The van der Waals surface area contributed by atoms with Crippen molar-refractivity contribution in [1.82, 2.24) is 20.4 Å². The normalized spacial score (nSPS) is 21.3. The zero-order valence-corrected chi connectivity index (χ0v) is 13.3. The number of piperidine rings is 1. The fourth-order valence-electron chi connectivity index (χ4n) is 2.71. The van der Waals surface area contributed by atoms with Gasteiger partial charge in [0, 0.05) is 11.5 Å². The second-order valence-electron chi connectivity index (χ2n) is 6.78. The van der Waals surface area contributed by atoms with E-state index in [0.29, 0.717) is 6.04 Å². The number of aromatic nitrogens is 2. The lowest BCUT2D eigenvalue weighted by atomic mass is 9.97. The maximum Gasteiger partial charge on any atom is 0.232 e. The molecule has 114 valence electrons. The van der Waals surface area contributed by atoms with Gasteiger partial charge in [-0.1, -0.05) is 32.3 Å². The van der Waals surface area contributed by atoms with Gasteiger partial charge in [-0.3, -0.25) is 4.90 Å². The summed E-state index contributed by atoms with van der Waals surface area (Å²) in [5, 5.41) is 7.40. The Morgan fingerprint density at radius 2 is 2.15 bits per heavy atom. The van der Waals surface area contributed by atoms with Gasteiger partial charge in [-0.05, 0) is 39.4 Å². The molecule has 0 radical (unpaired) electrons. The average Bonchev–Trinajstić information content (AvgIpc) is 2.86. The monoisotopic (exact) mass is 280 g/mol. The standard InChI is InChI=1S/C15H28N4O/c1-15(2,3)14-17-13(18-20-14)11-19-10-6-5-7-12(19)8-9-16-4/h12,16H,5-11H2,1-4H3. The molecule has 0 spiro atoms. The number of hydrogen-bond acceptors (Lipinski definition) is 5. The predicted octanol–water partition coefficient (Wildman–Crippen LogP) is 2.33. The molecule has 0 saturated carbocycles. The molecule has 0 aliphatic carbocycles. The van der Waals surface area contributed by atoms with Crippen LogP contribution in [-0.2, 0) is 12.0 Å². The third-order valence-electron chi connectivity index (χ3n) is 3.93. The van der Waals surface area contributed by atoms with Crippen LogP contribution in [0, 0.1) is 0 Å². The van der Waals surface area contributed by atoms with Crippen LogP contribution in [0.25, 0.3) is 0 Å². The van der Waals surface area contributed by atoms with Crippen LogP contribution in [0.1, 0.15) is 58.2 Å². The maximum atomic E-state index is 5.39. The quantitative estimate of drug-likeness (QED) is 0.897. The Hall–Kier alpha value is -0.940. The van der Waals surface area contributed by atoms with Gasteiger partial charge in [-0.15, -0.1) is 0 Å². The zero-order chi connectivity index (χ0) is 14.6. The second-order valence-corrected chi connectivity index (χ2v) is 6.78. The van der Waals surface area contributed by atoms with E-state index in [9.17, 15) is 0 Å². The molecule has 0 amide bonds. The first-order valence-corrected chi connectivity index (χ1v) is 7.72. The topological polar surface area (TPSA) is 54.2 Å². The van der Waals surface area contributed by atoms with Crippen LogP contribution < -0.4 is 5.32 Å². The molecule has 2 heterocycles. The Labute approximate surface area is 122 Å². The number of nitrogens with zero attached hydrogens (tertiary/aromatic N) is 3. The molecule has 1 fully saturated rings. The SMILES string of the molecule is CNCCC1CCCCN1Cc1noc(C(C)(C)C)n1. The second kappa shape index (κ2) is 6.68. The van der Waals surface area contributed by atoms with E-state index < -0.39 is 0 Å². The van der Waals surface area contributed by atoms with Crippen LogP contribution in [0.4, 0.5) is 0 Å². The van der Waals surface area contributed by atoms with Gasteiger partial charge in [-0.2, -0.15) is 4.98 Å². The van der Waals surface area contributed by atoms with Gasteiger partial charge in [0.1, 0.15) is 0 Å². The summed E-state index contributed by atoms with van der Waals surface area (Å²) in [7, 11) is 2.02. The van der Waals surface area contributed by atoms with E-state index in [1.807, 2.05) is 7.05 Å². The fraction of sp³-hybridized carbons (Fsp3) is 0.867. The molecule has 0 bridgehead atoms. The molecule has 1 aromatic rings. The van der Waals surface area contributed by atoms with Crippen molar-refractivity contribution in [3.05, 3.63) is 11.7 Å². The molecule has 1 unspecified atom stereocenters. The van der Waals surface area contributed by atoms with Crippen molar-refractivity contribution in [1.29, 1.82) is 0 Å². The van der Waals surface area contributed by atoms with Gasteiger partial charge in [0.25, 0.3) is 0 Å². The molecule has 1 aromatic heterocycles. The van der Waals surface area contributed by atoms with Crippen molar-refractivity contribution < 1.29 is 4.52 Å². The lowest BCUT2D eigenvalue weighted by Gasteiger charge is -2.34. The number of likely N-dealkylation sites (tertiary alicyclic amines) is 1.